The number of nitro benzene ring substituents is 1. The van der Waals surface area contributed by atoms with Gasteiger partial charge in [-0.25, -0.2) is 8.42 Å². The van der Waals surface area contributed by atoms with Gasteiger partial charge in [0.25, 0.3) is 15.7 Å². The Morgan fingerprint density at radius 3 is 2.15 bits per heavy atom. The van der Waals surface area contributed by atoms with Crippen LogP contribution in [0.2, 0.25) is 0 Å². The molecule has 10 nitrogen and oxygen atoms in total. The van der Waals surface area contributed by atoms with E-state index in [9.17, 15) is 28.1 Å². The van der Waals surface area contributed by atoms with Gasteiger partial charge in [0.15, 0.2) is 0 Å². The maximum atomic E-state index is 13.8. The Morgan fingerprint density at radius 2 is 1.59 bits per heavy atom. The van der Waals surface area contributed by atoms with Crippen molar-refractivity contribution in [3.63, 3.8) is 0 Å². The smallest absolute Gasteiger partial charge is 0.269 e. The minimum atomic E-state index is -4.24. The van der Waals surface area contributed by atoms with Crippen LogP contribution in [-0.2, 0) is 26.2 Å². The number of anilines is 1. The van der Waals surface area contributed by atoms with Gasteiger partial charge in [0.2, 0.25) is 11.8 Å². The topological polar surface area (TPSA) is 130 Å². The summed E-state index contributed by atoms with van der Waals surface area (Å²) in [6.07, 6.45) is 0.716. The van der Waals surface area contributed by atoms with Crippen LogP contribution in [0.15, 0.2) is 83.8 Å². The van der Waals surface area contributed by atoms with Crippen molar-refractivity contribution in [2.45, 2.75) is 44.7 Å². The second-order valence-corrected chi connectivity index (χ2v) is 10.9. The number of hydrogen-bond acceptors (Lipinski definition) is 6. The molecule has 0 aliphatic heterocycles. The first-order chi connectivity index (χ1) is 18.5. The standard InChI is InChI=1S/C28H32N4O6S/c1-4-18-29-28(34)22(3)30(19-23-12-10-21(2)11-13-23)27(33)20-31(24-14-16-25(17-15-24)32(35)36)39(37,38)26-8-6-5-7-9-26/h5-17,22H,4,18-20H2,1-3H3,(H,29,34). The predicted molar refractivity (Wildman–Crippen MR) is 149 cm³/mol. The lowest BCUT2D eigenvalue weighted by atomic mass is 10.1. The first-order valence-electron chi connectivity index (χ1n) is 12.5. The normalized spacial score (nSPS) is 11.9. The van der Waals surface area contributed by atoms with Crippen molar-refractivity contribution in [2.75, 3.05) is 17.4 Å². The van der Waals surface area contributed by atoms with E-state index in [2.05, 4.69) is 5.32 Å². The third-order valence-electron chi connectivity index (χ3n) is 6.15. The molecule has 0 aliphatic rings. The average molecular weight is 553 g/mol. The van der Waals surface area contributed by atoms with E-state index in [4.69, 9.17) is 0 Å². The summed E-state index contributed by atoms with van der Waals surface area (Å²) in [6, 6.07) is 19.1. The van der Waals surface area contributed by atoms with Gasteiger partial charge in [0, 0.05) is 25.2 Å². The summed E-state index contributed by atoms with van der Waals surface area (Å²) in [5.74, 6) is -0.960. The summed E-state index contributed by atoms with van der Waals surface area (Å²) in [5.41, 5.74) is 1.67. The van der Waals surface area contributed by atoms with Gasteiger partial charge in [-0.15, -0.1) is 0 Å². The summed E-state index contributed by atoms with van der Waals surface area (Å²) < 4.78 is 28.3. The lowest BCUT2D eigenvalue weighted by molar-refractivity contribution is -0.384. The number of rotatable bonds is 12. The SMILES string of the molecule is CCCNC(=O)C(C)N(Cc1ccc(C)cc1)C(=O)CN(c1ccc([N+](=O)[O-])cc1)S(=O)(=O)c1ccccc1. The minimum absolute atomic E-state index is 0.0463. The van der Waals surface area contributed by atoms with Gasteiger partial charge < -0.3 is 10.2 Å². The summed E-state index contributed by atoms with van der Waals surface area (Å²) in [6.45, 7) is 5.35. The van der Waals surface area contributed by atoms with E-state index >= 15 is 0 Å². The van der Waals surface area contributed by atoms with Gasteiger partial charge in [-0.1, -0.05) is 55.0 Å². The molecule has 0 bridgehead atoms. The summed E-state index contributed by atoms with van der Waals surface area (Å²) in [5, 5.41) is 13.9. The molecular formula is C28H32N4O6S. The van der Waals surface area contributed by atoms with Crippen molar-refractivity contribution in [2.24, 2.45) is 0 Å². The number of hydrogen-bond donors (Lipinski definition) is 1. The highest BCUT2D eigenvalue weighted by Crippen LogP contribution is 2.26. The molecule has 11 heteroatoms. The molecule has 1 atom stereocenters. The molecule has 0 saturated heterocycles. The second kappa shape index (κ2) is 13.0. The van der Waals surface area contributed by atoms with E-state index in [0.29, 0.717) is 13.0 Å². The average Bonchev–Trinajstić information content (AvgIpc) is 2.94. The van der Waals surface area contributed by atoms with Gasteiger partial charge in [-0.2, -0.15) is 0 Å². The Hall–Kier alpha value is -4.25. The fourth-order valence-corrected chi connectivity index (χ4v) is 5.29. The monoisotopic (exact) mass is 552 g/mol. The molecule has 0 saturated carbocycles. The van der Waals surface area contributed by atoms with E-state index in [0.717, 1.165) is 15.4 Å². The molecule has 3 aromatic carbocycles. The zero-order valence-corrected chi connectivity index (χ0v) is 22.9. The highest BCUT2D eigenvalue weighted by Gasteiger charge is 2.32. The summed E-state index contributed by atoms with van der Waals surface area (Å²) in [7, 11) is -4.24. The molecule has 0 aromatic heterocycles. The van der Waals surface area contributed by atoms with Crippen molar-refractivity contribution >= 4 is 33.2 Å². The Morgan fingerprint density at radius 1 is 0.974 bits per heavy atom. The zero-order valence-electron chi connectivity index (χ0n) is 22.1. The number of aryl methyl sites for hydroxylation is 1. The van der Waals surface area contributed by atoms with E-state index < -0.39 is 33.4 Å². The first-order valence-corrected chi connectivity index (χ1v) is 13.9. The molecule has 206 valence electrons. The molecule has 0 heterocycles. The summed E-state index contributed by atoms with van der Waals surface area (Å²) >= 11 is 0. The van der Waals surface area contributed by atoms with Crippen molar-refractivity contribution in [3.8, 4) is 0 Å². The number of sulfonamides is 1. The van der Waals surface area contributed by atoms with Gasteiger partial charge in [-0.05, 0) is 50.1 Å². The van der Waals surface area contributed by atoms with Crippen LogP contribution in [0, 0.1) is 17.0 Å². The lowest BCUT2D eigenvalue weighted by Gasteiger charge is -2.32. The highest BCUT2D eigenvalue weighted by molar-refractivity contribution is 7.92. The maximum Gasteiger partial charge on any atom is 0.269 e. The molecule has 1 unspecified atom stereocenters. The predicted octanol–water partition coefficient (Wildman–Crippen LogP) is 4.04. The maximum absolute atomic E-state index is 13.8. The van der Waals surface area contributed by atoms with E-state index in [1.807, 2.05) is 38.1 Å². The van der Waals surface area contributed by atoms with Crippen molar-refractivity contribution in [3.05, 3.63) is 100 Å². The van der Waals surface area contributed by atoms with E-state index in [-0.39, 0.29) is 28.7 Å². The number of amides is 2. The van der Waals surface area contributed by atoms with Crippen LogP contribution < -0.4 is 9.62 Å². The number of carbonyl (C=O) groups is 2. The molecule has 0 spiro atoms. The van der Waals surface area contributed by atoms with Gasteiger partial charge >= 0.3 is 0 Å². The van der Waals surface area contributed by atoms with E-state index in [1.165, 1.54) is 41.3 Å². The molecule has 1 N–H and O–H groups in total. The Bertz CT molecular complexity index is 1390. The van der Waals surface area contributed by atoms with Crippen LogP contribution >= 0.6 is 0 Å². The molecule has 0 aliphatic carbocycles. The number of nitro groups is 1. The third-order valence-corrected chi connectivity index (χ3v) is 7.94. The molecular weight excluding hydrogens is 520 g/mol. The number of non-ortho nitro benzene ring substituents is 1. The molecule has 0 fully saturated rings. The Kier molecular flexibility index (Phi) is 9.78. The van der Waals surface area contributed by atoms with Crippen molar-refractivity contribution in [1.29, 1.82) is 0 Å². The van der Waals surface area contributed by atoms with Crippen molar-refractivity contribution < 1.29 is 22.9 Å². The molecule has 39 heavy (non-hydrogen) atoms. The quantitative estimate of drug-likeness (QED) is 0.267. The fourth-order valence-electron chi connectivity index (χ4n) is 3.86. The number of nitrogens with one attached hydrogen (secondary N) is 1. The largest absolute Gasteiger partial charge is 0.354 e. The van der Waals surface area contributed by atoms with Gasteiger partial charge in [0.05, 0.1) is 15.5 Å². The van der Waals surface area contributed by atoms with Crippen LogP contribution in [0.1, 0.15) is 31.4 Å². The Balaban J connectivity index is 2.02. The van der Waals surface area contributed by atoms with Crippen molar-refractivity contribution in [1.82, 2.24) is 10.2 Å². The second-order valence-electron chi connectivity index (χ2n) is 9.07. The lowest BCUT2D eigenvalue weighted by Crippen LogP contribution is -2.51. The number of carbonyl (C=O) groups excluding carboxylic acids is 2. The van der Waals surface area contributed by atoms with Gasteiger partial charge in [0.1, 0.15) is 12.6 Å². The minimum Gasteiger partial charge on any atom is -0.354 e. The molecule has 0 radical (unpaired) electrons. The molecule has 2 amide bonds. The molecule has 3 aromatic rings. The van der Waals surface area contributed by atoms with Crippen LogP contribution in [0.4, 0.5) is 11.4 Å². The molecule has 3 rings (SSSR count). The number of benzene rings is 3. The van der Waals surface area contributed by atoms with Crippen LogP contribution in [-0.4, -0.2) is 49.2 Å². The Labute approximate surface area is 228 Å². The first kappa shape index (κ1) is 29.3. The zero-order chi connectivity index (χ0) is 28.6. The number of nitrogens with zero attached hydrogens (tertiary/aromatic N) is 3. The third kappa shape index (κ3) is 7.41. The fraction of sp³-hybridized carbons (Fsp3) is 0.286. The van der Waals surface area contributed by atoms with Gasteiger partial charge in [-0.3, -0.25) is 24.0 Å². The highest BCUT2D eigenvalue weighted by atomic mass is 32.2. The summed E-state index contributed by atoms with van der Waals surface area (Å²) in [4.78, 5) is 38.5. The van der Waals surface area contributed by atoms with Crippen LogP contribution in [0.25, 0.3) is 0 Å². The van der Waals surface area contributed by atoms with Crippen LogP contribution in [0.5, 0.6) is 0 Å². The van der Waals surface area contributed by atoms with E-state index in [1.54, 1.807) is 25.1 Å². The van der Waals surface area contributed by atoms with Crippen LogP contribution in [0.3, 0.4) is 0 Å².